The molecule has 0 radical (unpaired) electrons. The van der Waals surface area contributed by atoms with Crippen LogP contribution in [-0.4, -0.2) is 30.0 Å². The highest BCUT2D eigenvalue weighted by Crippen LogP contribution is 2.24. The van der Waals surface area contributed by atoms with Crippen molar-refractivity contribution < 1.29 is 4.79 Å². The maximum atomic E-state index is 11.0. The number of hydrogen-bond acceptors (Lipinski definition) is 4. The normalized spacial score (nSPS) is 23.7. The van der Waals surface area contributed by atoms with Crippen LogP contribution in [0.25, 0.3) is 0 Å². The summed E-state index contributed by atoms with van der Waals surface area (Å²) in [5.41, 5.74) is 11.8. The van der Waals surface area contributed by atoms with E-state index in [2.05, 4.69) is 9.88 Å². The van der Waals surface area contributed by atoms with Crippen LogP contribution in [0.5, 0.6) is 0 Å². The fraction of sp³-hybridized carbons (Fsp3) is 0.538. The van der Waals surface area contributed by atoms with Crippen molar-refractivity contribution in [3.8, 4) is 0 Å². The lowest BCUT2D eigenvalue weighted by atomic mass is 9.90. The minimum absolute atomic E-state index is 0.196. The molecule has 0 saturated heterocycles. The summed E-state index contributed by atoms with van der Waals surface area (Å²) in [5, 5.41) is 0. The zero-order valence-electron chi connectivity index (χ0n) is 10.7. The third kappa shape index (κ3) is 2.61. The molecule has 4 N–H and O–H groups in total. The highest BCUT2D eigenvalue weighted by Gasteiger charge is 2.26. The van der Waals surface area contributed by atoms with E-state index in [4.69, 9.17) is 11.5 Å². The van der Waals surface area contributed by atoms with Crippen molar-refractivity contribution >= 4 is 11.7 Å². The minimum atomic E-state index is -0.453. The molecule has 1 fully saturated rings. The molecule has 1 aliphatic rings. The van der Waals surface area contributed by atoms with Gasteiger partial charge in [-0.2, -0.15) is 0 Å². The number of carbonyl (C=O) groups excluding carboxylic acids is 1. The van der Waals surface area contributed by atoms with Crippen LogP contribution in [-0.2, 0) is 0 Å². The first-order valence-electron chi connectivity index (χ1n) is 6.34. The topological polar surface area (TPSA) is 85.2 Å². The van der Waals surface area contributed by atoms with Gasteiger partial charge in [0.05, 0.1) is 5.56 Å². The van der Waals surface area contributed by atoms with Crippen molar-refractivity contribution in [2.24, 2.45) is 11.5 Å². The summed E-state index contributed by atoms with van der Waals surface area (Å²) in [7, 11) is 2.00. The minimum Gasteiger partial charge on any atom is -0.366 e. The van der Waals surface area contributed by atoms with Gasteiger partial charge in [-0.25, -0.2) is 4.98 Å². The molecule has 5 nitrogen and oxygen atoms in total. The van der Waals surface area contributed by atoms with Crippen molar-refractivity contribution in [2.45, 2.75) is 37.8 Å². The van der Waals surface area contributed by atoms with Gasteiger partial charge < -0.3 is 16.4 Å². The lowest BCUT2D eigenvalue weighted by molar-refractivity contribution is 0.1000. The Labute approximate surface area is 107 Å². The van der Waals surface area contributed by atoms with Gasteiger partial charge in [0.1, 0.15) is 5.82 Å². The molecule has 1 amide bonds. The Morgan fingerprint density at radius 3 is 2.67 bits per heavy atom. The van der Waals surface area contributed by atoms with Crippen LogP contribution in [0, 0.1) is 0 Å². The Morgan fingerprint density at radius 2 is 2.11 bits per heavy atom. The molecule has 1 saturated carbocycles. The van der Waals surface area contributed by atoms with Crippen molar-refractivity contribution in [3.63, 3.8) is 0 Å². The Balaban J connectivity index is 2.12. The molecule has 1 aromatic heterocycles. The highest BCUT2D eigenvalue weighted by molar-refractivity contribution is 5.92. The van der Waals surface area contributed by atoms with Gasteiger partial charge >= 0.3 is 0 Å². The second kappa shape index (κ2) is 5.35. The molecule has 0 spiro atoms. The van der Waals surface area contributed by atoms with Gasteiger partial charge in [0.2, 0.25) is 5.91 Å². The first-order valence-corrected chi connectivity index (χ1v) is 6.34. The highest BCUT2D eigenvalue weighted by atomic mass is 16.1. The molecule has 5 heteroatoms. The Kier molecular flexibility index (Phi) is 3.81. The number of nitrogens with two attached hydrogens (primary N) is 2. The molecule has 2 rings (SSSR count). The monoisotopic (exact) mass is 248 g/mol. The number of pyridine rings is 1. The fourth-order valence-electron chi connectivity index (χ4n) is 2.53. The maximum absolute atomic E-state index is 11.0. The molecule has 0 aliphatic heterocycles. The maximum Gasteiger partial charge on any atom is 0.250 e. The van der Waals surface area contributed by atoms with Gasteiger partial charge in [-0.3, -0.25) is 4.79 Å². The number of anilines is 1. The number of rotatable bonds is 3. The van der Waals surface area contributed by atoms with Crippen LogP contribution in [0.15, 0.2) is 18.3 Å². The number of likely N-dealkylation sites (N-methyl/N-ethyl adjacent to an activating group) is 1. The predicted molar refractivity (Wildman–Crippen MR) is 71.4 cm³/mol. The van der Waals surface area contributed by atoms with E-state index in [1.807, 2.05) is 13.1 Å². The predicted octanol–water partition coefficient (Wildman–Crippen LogP) is 0.887. The van der Waals surface area contributed by atoms with E-state index in [1.165, 1.54) is 19.0 Å². The van der Waals surface area contributed by atoms with Crippen molar-refractivity contribution in [2.75, 3.05) is 11.9 Å². The number of amides is 1. The molecular weight excluding hydrogens is 228 g/mol. The molecule has 0 aromatic carbocycles. The van der Waals surface area contributed by atoms with Gasteiger partial charge in [-0.15, -0.1) is 0 Å². The number of primary amides is 1. The summed E-state index contributed by atoms with van der Waals surface area (Å²) in [4.78, 5) is 17.4. The molecule has 2 atom stereocenters. The summed E-state index contributed by atoms with van der Waals surface area (Å²) in [6, 6.07) is 4.05. The van der Waals surface area contributed by atoms with Crippen molar-refractivity contribution in [1.82, 2.24) is 4.98 Å². The number of carbonyl (C=O) groups is 1. The number of nitrogens with zero attached hydrogens (tertiary/aromatic N) is 2. The van der Waals surface area contributed by atoms with Gasteiger partial charge in [0.25, 0.3) is 0 Å². The molecule has 1 aliphatic carbocycles. The summed E-state index contributed by atoms with van der Waals surface area (Å²) in [6.45, 7) is 0. The quantitative estimate of drug-likeness (QED) is 0.831. The van der Waals surface area contributed by atoms with Crippen LogP contribution in [0.3, 0.4) is 0 Å². The summed E-state index contributed by atoms with van der Waals surface area (Å²) >= 11 is 0. The van der Waals surface area contributed by atoms with E-state index >= 15 is 0 Å². The van der Waals surface area contributed by atoms with E-state index in [9.17, 15) is 4.79 Å². The van der Waals surface area contributed by atoms with Gasteiger partial charge in [0, 0.05) is 25.3 Å². The van der Waals surface area contributed by atoms with Crippen LogP contribution >= 0.6 is 0 Å². The van der Waals surface area contributed by atoms with Gasteiger partial charge in [-0.05, 0) is 25.0 Å². The molecule has 1 heterocycles. The number of hydrogen-bond donors (Lipinski definition) is 2. The average molecular weight is 248 g/mol. The van der Waals surface area contributed by atoms with Crippen LogP contribution < -0.4 is 16.4 Å². The Bertz CT molecular complexity index is 418. The molecule has 2 unspecified atom stereocenters. The molecule has 98 valence electrons. The Hall–Kier alpha value is -1.62. The average Bonchev–Trinajstić information content (AvgIpc) is 2.38. The lowest BCUT2D eigenvalue weighted by Gasteiger charge is -2.36. The lowest BCUT2D eigenvalue weighted by Crippen LogP contribution is -2.48. The van der Waals surface area contributed by atoms with Crippen LogP contribution in [0.4, 0.5) is 5.82 Å². The summed E-state index contributed by atoms with van der Waals surface area (Å²) in [5.74, 6) is 0.383. The summed E-state index contributed by atoms with van der Waals surface area (Å²) < 4.78 is 0. The SMILES string of the molecule is CN(c1ccc(C(N)=O)cn1)C1CCCCC1N. The smallest absolute Gasteiger partial charge is 0.250 e. The molecule has 0 bridgehead atoms. The van der Waals surface area contributed by atoms with Crippen molar-refractivity contribution in [3.05, 3.63) is 23.9 Å². The zero-order chi connectivity index (χ0) is 13.1. The molecule has 18 heavy (non-hydrogen) atoms. The van der Waals surface area contributed by atoms with E-state index in [0.717, 1.165) is 18.7 Å². The van der Waals surface area contributed by atoms with E-state index in [-0.39, 0.29) is 6.04 Å². The van der Waals surface area contributed by atoms with E-state index < -0.39 is 5.91 Å². The van der Waals surface area contributed by atoms with Gasteiger partial charge in [0.15, 0.2) is 0 Å². The largest absolute Gasteiger partial charge is 0.366 e. The van der Waals surface area contributed by atoms with E-state index in [1.54, 1.807) is 6.07 Å². The first-order chi connectivity index (χ1) is 8.59. The molecular formula is C13H20N4O. The van der Waals surface area contributed by atoms with Crippen LogP contribution in [0.2, 0.25) is 0 Å². The standard InChI is InChI=1S/C13H20N4O/c1-17(11-5-3-2-4-10(11)14)12-7-6-9(8-16-12)13(15)18/h6-8,10-11H,2-5,14H2,1H3,(H2,15,18). The molecule has 1 aromatic rings. The second-order valence-electron chi connectivity index (χ2n) is 4.90. The van der Waals surface area contributed by atoms with Crippen molar-refractivity contribution in [1.29, 1.82) is 0 Å². The Morgan fingerprint density at radius 1 is 1.39 bits per heavy atom. The van der Waals surface area contributed by atoms with E-state index in [0.29, 0.717) is 11.6 Å². The summed E-state index contributed by atoms with van der Waals surface area (Å²) in [6.07, 6.45) is 6.09. The first kappa shape index (κ1) is 12.8. The van der Waals surface area contributed by atoms with Crippen LogP contribution in [0.1, 0.15) is 36.0 Å². The second-order valence-corrected chi connectivity index (χ2v) is 4.90. The zero-order valence-corrected chi connectivity index (χ0v) is 10.7. The fourth-order valence-corrected chi connectivity index (χ4v) is 2.53. The number of aromatic nitrogens is 1. The third-order valence-electron chi connectivity index (χ3n) is 3.67. The third-order valence-corrected chi connectivity index (χ3v) is 3.67. The van der Waals surface area contributed by atoms with Gasteiger partial charge in [-0.1, -0.05) is 12.8 Å².